The molecule has 0 spiro atoms. The molecule has 1 heterocycles. The van der Waals surface area contributed by atoms with Crippen molar-refractivity contribution in [3.8, 4) is 0 Å². The van der Waals surface area contributed by atoms with Crippen LogP contribution in [0.25, 0.3) is 10.9 Å². The van der Waals surface area contributed by atoms with Crippen LogP contribution in [0.4, 0.5) is 0 Å². The van der Waals surface area contributed by atoms with Gasteiger partial charge in [-0.05, 0) is 37.7 Å². The number of aryl methyl sites for hydroxylation is 1. The smallest absolute Gasteiger partial charge is 0.309 e. The zero-order valence-electron chi connectivity index (χ0n) is 17.2. The van der Waals surface area contributed by atoms with Crippen molar-refractivity contribution in [1.82, 2.24) is 20.1 Å². The molecular formula is C23H28N4O2. The van der Waals surface area contributed by atoms with Crippen molar-refractivity contribution >= 4 is 22.7 Å². The van der Waals surface area contributed by atoms with Crippen LogP contribution in [0, 0.1) is 0 Å². The molecule has 3 aromatic rings. The Hall–Kier alpha value is -3.12. The molecule has 29 heavy (non-hydrogen) atoms. The minimum Gasteiger partial charge on any atom is -0.350 e. The number of benzene rings is 2. The van der Waals surface area contributed by atoms with Crippen molar-refractivity contribution in [3.05, 3.63) is 71.9 Å². The number of hydrogen-bond acceptors (Lipinski definition) is 3. The molecule has 0 aliphatic rings. The summed E-state index contributed by atoms with van der Waals surface area (Å²) in [5.74, 6) is -1.21. The highest BCUT2D eigenvalue weighted by Gasteiger charge is 2.21. The minimum absolute atomic E-state index is 0.0397. The van der Waals surface area contributed by atoms with E-state index in [4.69, 9.17) is 0 Å². The fourth-order valence-corrected chi connectivity index (χ4v) is 3.52. The molecule has 152 valence electrons. The maximum atomic E-state index is 12.3. The van der Waals surface area contributed by atoms with Crippen LogP contribution in [0.1, 0.15) is 17.2 Å². The van der Waals surface area contributed by atoms with Crippen LogP contribution >= 0.6 is 0 Å². The number of para-hydroxylation sites is 1. The summed E-state index contributed by atoms with van der Waals surface area (Å²) >= 11 is 0. The average molecular weight is 393 g/mol. The Morgan fingerprint density at radius 3 is 2.34 bits per heavy atom. The fourth-order valence-electron chi connectivity index (χ4n) is 3.52. The van der Waals surface area contributed by atoms with Gasteiger partial charge in [-0.1, -0.05) is 48.5 Å². The third-order valence-corrected chi connectivity index (χ3v) is 5.11. The van der Waals surface area contributed by atoms with E-state index in [2.05, 4.69) is 38.4 Å². The molecule has 0 saturated carbocycles. The number of likely N-dealkylation sites (N-methyl/N-ethyl adjacent to an activating group) is 1. The van der Waals surface area contributed by atoms with E-state index in [9.17, 15) is 9.59 Å². The van der Waals surface area contributed by atoms with E-state index in [1.807, 2.05) is 63.6 Å². The van der Waals surface area contributed by atoms with Crippen molar-refractivity contribution in [2.75, 3.05) is 27.2 Å². The molecule has 1 unspecified atom stereocenters. The SMILES string of the molecule is CN(C)C(CNC(=O)C(=O)NCCc1ccccc1)c1cn(C)c2ccccc12. The molecule has 0 saturated heterocycles. The van der Waals surface area contributed by atoms with Gasteiger partial charge in [-0.15, -0.1) is 0 Å². The first kappa shape index (κ1) is 20.6. The van der Waals surface area contributed by atoms with E-state index in [1.165, 1.54) is 0 Å². The molecule has 2 N–H and O–H groups in total. The van der Waals surface area contributed by atoms with Crippen molar-refractivity contribution in [1.29, 1.82) is 0 Å². The van der Waals surface area contributed by atoms with Crippen molar-refractivity contribution in [2.24, 2.45) is 7.05 Å². The van der Waals surface area contributed by atoms with Gasteiger partial charge in [0, 0.05) is 37.2 Å². The fraction of sp³-hybridized carbons (Fsp3) is 0.304. The summed E-state index contributed by atoms with van der Waals surface area (Å²) in [6.45, 7) is 0.780. The average Bonchev–Trinajstić information content (AvgIpc) is 3.05. The van der Waals surface area contributed by atoms with Gasteiger partial charge in [-0.25, -0.2) is 0 Å². The van der Waals surface area contributed by atoms with E-state index in [0.717, 1.165) is 22.0 Å². The molecule has 0 aliphatic carbocycles. The largest absolute Gasteiger partial charge is 0.350 e. The maximum Gasteiger partial charge on any atom is 0.309 e. The van der Waals surface area contributed by atoms with Crippen LogP contribution in [0.5, 0.6) is 0 Å². The number of aromatic nitrogens is 1. The summed E-state index contributed by atoms with van der Waals surface area (Å²) in [6.07, 6.45) is 2.78. The molecule has 6 nitrogen and oxygen atoms in total. The van der Waals surface area contributed by atoms with Gasteiger partial charge >= 0.3 is 11.8 Å². The van der Waals surface area contributed by atoms with Gasteiger partial charge in [0.15, 0.2) is 0 Å². The lowest BCUT2D eigenvalue weighted by Gasteiger charge is -2.24. The molecule has 3 rings (SSSR count). The Balaban J connectivity index is 1.58. The maximum absolute atomic E-state index is 12.3. The molecule has 6 heteroatoms. The molecule has 1 atom stereocenters. The van der Waals surface area contributed by atoms with Gasteiger partial charge in [0.2, 0.25) is 0 Å². The Kier molecular flexibility index (Phi) is 6.67. The summed E-state index contributed by atoms with van der Waals surface area (Å²) in [4.78, 5) is 26.4. The normalized spacial score (nSPS) is 12.1. The second-order valence-corrected chi connectivity index (χ2v) is 7.39. The number of nitrogens with zero attached hydrogens (tertiary/aromatic N) is 2. The molecule has 2 aromatic carbocycles. The van der Waals surface area contributed by atoms with Gasteiger partial charge in [0.1, 0.15) is 0 Å². The van der Waals surface area contributed by atoms with Gasteiger partial charge in [-0.2, -0.15) is 0 Å². The van der Waals surface area contributed by atoms with Crippen molar-refractivity contribution in [2.45, 2.75) is 12.5 Å². The second kappa shape index (κ2) is 9.39. The first-order valence-corrected chi connectivity index (χ1v) is 9.77. The summed E-state index contributed by atoms with van der Waals surface area (Å²) in [5.41, 5.74) is 3.38. The number of fused-ring (bicyclic) bond motifs is 1. The van der Waals surface area contributed by atoms with E-state index in [-0.39, 0.29) is 6.04 Å². The third-order valence-electron chi connectivity index (χ3n) is 5.11. The number of carbonyl (C=O) groups excluding carboxylic acids is 2. The van der Waals surface area contributed by atoms with Crippen molar-refractivity contribution in [3.63, 3.8) is 0 Å². The van der Waals surface area contributed by atoms with Crippen LogP contribution < -0.4 is 10.6 Å². The topological polar surface area (TPSA) is 66.4 Å². The monoisotopic (exact) mass is 392 g/mol. The predicted octanol–water partition coefficient (Wildman–Crippen LogP) is 2.26. The number of amides is 2. The van der Waals surface area contributed by atoms with Crippen LogP contribution in [-0.2, 0) is 23.1 Å². The molecule has 0 radical (unpaired) electrons. The zero-order chi connectivity index (χ0) is 20.8. The highest BCUT2D eigenvalue weighted by Crippen LogP contribution is 2.28. The quantitative estimate of drug-likeness (QED) is 0.606. The molecule has 0 aliphatic heterocycles. The first-order chi connectivity index (χ1) is 14.0. The molecule has 0 fully saturated rings. The van der Waals surface area contributed by atoms with E-state index < -0.39 is 11.8 Å². The summed E-state index contributed by atoms with van der Waals surface area (Å²) in [7, 11) is 5.95. The lowest BCUT2D eigenvalue weighted by molar-refractivity contribution is -0.139. The summed E-state index contributed by atoms with van der Waals surface area (Å²) < 4.78 is 2.08. The number of carbonyl (C=O) groups is 2. The van der Waals surface area contributed by atoms with Gasteiger partial charge < -0.3 is 20.1 Å². The Labute approximate surface area is 171 Å². The highest BCUT2D eigenvalue weighted by molar-refractivity contribution is 6.35. The molecule has 2 amide bonds. The lowest BCUT2D eigenvalue weighted by Crippen LogP contribution is -2.43. The minimum atomic E-state index is -0.606. The van der Waals surface area contributed by atoms with Crippen LogP contribution in [-0.4, -0.2) is 48.5 Å². The predicted molar refractivity (Wildman–Crippen MR) is 116 cm³/mol. The van der Waals surface area contributed by atoms with E-state index in [1.54, 1.807) is 0 Å². The first-order valence-electron chi connectivity index (χ1n) is 9.77. The number of rotatable bonds is 7. The Bertz CT molecular complexity index is 979. The molecule has 0 bridgehead atoms. The summed E-state index contributed by atoms with van der Waals surface area (Å²) in [5, 5.41) is 6.62. The molecular weight excluding hydrogens is 364 g/mol. The van der Waals surface area contributed by atoms with E-state index in [0.29, 0.717) is 19.5 Å². The third kappa shape index (κ3) is 5.03. The second-order valence-electron chi connectivity index (χ2n) is 7.39. The number of nitrogens with one attached hydrogen (secondary N) is 2. The Morgan fingerprint density at radius 1 is 0.966 bits per heavy atom. The Morgan fingerprint density at radius 2 is 1.62 bits per heavy atom. The lowest BCUT2D eigenvalue weighted by atomic mass is 10.0. The summed E-state index contributed by atoms with van der Waals surface area (Å²) in [6, 6.07) is 18.0. The van der Waals surface area contributed by atoms with E-state index >= 15 is 0 Å². The van der Waals surface area contributed by atoms with Gasteiger partial charge in [-0.3, -0.25) is 9.59 Å². The van der Waals surface area contributed by atoms with Crippen LogP contribution in [0.15, 0.2) is 60.8 Å². The number of hydrogen-bond donors (Lipinski definition) is 2. The molecule has 1 aromatic heterocycles. The van der Waals surface area contributed by atoms with Gasteiger partial charge in [0.05, 0.1) is 6.04 Å². The standard InChI is InChI=1S/C23H28N4O2/c1-26(2)21(19-16-27(3)20-12-8-7-11-18(19)20)15-25-23(29)22(28)24-14-13-17-9-5-4-6-10-17/h4-12,16,21H,13-15H2,1-3H3,(H,24,28)(H,25,29). The van der Waals surface area contributed by atoms with Gasteiger partial charge in [0.25, 0.3) is 0 Å². The van der Waals surface area contributed by atoms with Crippen LogP contribution in [0.2, 0.25) is 0 Å². The highest BCUT2D eigenvalue weighted by atomic mass is 16.2. The zero-order valence-corrected chi connectivity index (χ0v) is 17.2. The van der Waals surface area contributed by atoms with Crippen molar-refractivity contribution < 1.29 is 9.59 Å². The van der Waals surface area contributed by atoms with Crippen LogP contribution in [0.3, 0.4) is 0 Å².